The third-order valence-electron chi connectivity index (χ3n) is 5.52. The van der Waals surface area contributed by atoms with Gasteiger partial charge in [0.25, 0.3) is 0 Å². The number of halogens is 1. The van der Waals surface area contributed by atoms with Crippen LogP contribution in [0.4, 0.5) is 4.39 Å². The Balaban J connectivity index is 0.00000341. The van der Waals surface area contributed by atoms with Crippen LogP contribution in [-0.2, 0) is 11.2 Å². The Morgan fingerprint density at radius 2 is 2.06 bits per heavy atom. The van der Waals surface area contributed by atoms with E-state index in [0.717, 1.165) is 54.7 Å². The fourth-order valence-electron chi connectivity index (χ4n) is 4.14. The minimum Gasteiger partial charge on any atom is -0.550 e. The van der Waals surface area contributed by atoms with E-state index in [0.29, 0.717) is 5.92 Å². The Labute approximate surface area is 204 Å². The van der Waals surface area contributed by atoms with E-state index in [9.17, 15) is 24.5 Å². The summed E-state index contributed by atoms with van der Waals surface area (Å²) >= 11 is 0. The number of hydrogen-bond acceptors (Lipinski definition) is 5. The van der Waals surface area contributed by atoms with Gasteiger partial charge in [-0.1, -0.05) is 19.4 Å². The Hall–Kier alpha value is -1.51. The Morgan fingerprint density at radius 1 is 1.35 bits per heavy atom. The summed E-state index contributed by atoms with van der Waals surface area (Å²) in [6, 6.07) is 6.11. The quantitative estimate of drug-likeness (QED) is 0.515. The minimum atomic E-state index is -1.36. The monoisotopic (exact) mass is 438 g/mol. The summed E-state index contributed by atoms with van der Waals surface area (Å²) in [7, 11) is 0. The molecule has 0 fully saturated rings. The molecule has 3 rings (SSSR count). The minimum absolute atomic E-state index is 0. The number of carbonyl (C=O) groups is 1. The van der Waals surface area contributed by atoms with Crippen LogP contribution in [-0.4, -0.2) is 38.2 Å². The molecular weight excluding hydrogens is 410 g/mol. The van der Waals surface area contributed by atoms with E-state index >= 15 is 0 Å². The second-order valence-electron chi connectivity index (χ2n) is 7.91. The second kappa shape index (κ2) is 11.9. The predicted octanol–water partition coefficient (Wildman–Crippen LogP) is -0.499. The molecular formula is C23H28FN2NaO4. The number of rotatable bonds is 9. The van der Waals surface area contributed by atoms with Crippen LogP contribution in [0.2, 0.25) is 0 Å². The fourth-order valence-corrected chi connectivity index (χ4v) is 4.14. The molecule has 1 aromatic heterocycles. The van der Waals surface area contributed by atoms with Gasteiger partial charge in [0.2, 0.25) is 0 Å². The molecule has 6 nitrogen and oxygen atoms in total. The maximum Gasteiger partial charge on any atom is 1.00 e. The molecule has 3 atom stereocenters. The molecule has 2 N–H and O–H groups in total. The zero-order chi connectivity index (χ0) is 21.7. The van der Waals surface area contributed by atoms with Crippen LogP contribution in [0.3, 0.4) is 0 Å². The van der Waals surface area contributed by atoms with Gasteiger partial charge in [-0.2, -0.15) is 5.10 Å². The molecule has 1 heterocycles. The molecule has 1 aromatic carbocycles. The molecule has 1 aliphatic rings. The summed E-state index contributed by atoms with van der Waals surface area (Å²) < 4.78 is 15.2. The second-order valence-corrected chi connectivity index (χ2v) is 7.91. The van der Waals surface area contributed by atoms with E-state index in [4.69, 9.17) is 5.10 Å². The first-order valence-electron chi connectivity index (χ1n) is 10.5. The molecule has 1 unspecified atom stereocenters. The predicted molar refractivity (Wildman–Crippen MR) is 109 cm³/mol. The topological polar surface area (TPSA) is 98.4 Å². The van der Waals surface area contributed by atoms with Crippen LogP contribution >= 0.6 is 0 Å². The summed E-state index contributed by atoms with van der Waals surface area (Å²) in [6.07, 6.45) is 5.62. The first kappa shape index (κ1) is 25.7. The number of aliphatic hydroxyl groups is 2. The van der Waals surface area contributed by atoms with E-state index in [2.05, 4.69) is 6.92 Å². The van der Waals surface area contributed by atoms with Crippen LogP contribution in [0.25, 0.3) is 11.8 Å². The van der Waals surface area contributed by atoms with Gasteiger partial charge in [-0.05, 0) is 56.0 Å². The van der Waals surface area contributed by atoms with Crippen molar-refractivity contribution in [2.75, 3.05) is 0 Å². The van der Waals surface area contributed by atoms with Crippen molar-refractivity contribution < 1.29 is 54.1 Å². The van der Waals surface area contributed by atoms with E-state index in [1.807, 2.05) is 0 Å². The van der Waals surface area contributed by atoms with Crippen molar-refractivity contribution in [3.05, 3.63) is 53.1 Å². The number of hydrogen-bond donors (Lipinski definition) is 2. The maximum absolute atomic E-state index is 13.4. The molecule has 162 valence electrons. The molecule has 0 amide bonds. The van der Waals surface area contributed by atoms with Crippen molar-refractivity contribution in [1.82, 2.24) is 9.78 Å². The molecule has 0 bridgehead atoms. The number of aliphatic carboxylic acids is 1. The van der Waals surface area contributed by atoms with Gasteiger partial charge in [0.05, 0.1) is 29.3 Å². The van der Waals surface area contributed by atoms with E-state index in [-0.39, 0.29) is 41.8 Å². The van der Waals surface area contributed by atoms with E-state index in [1.165, 1.54) is 12.1 Å². The standard InChI is InChI=1S/C23H29FN2O4.Na/c1-2-4-15-5-3-6-20-21(12-11-18(27)13-19(28)14-22(29)30)26(25-23(15)20)17-9-7-16(24)8-10-17;/h7-12,15,18-19,27-28H,2-6,13-14H2,1H3,(H,29,30);/q;+1/p-1/b12-11+;/t15?,18-,19-;/m0./s1. The Morgan fingerprint density at radius 3 is 2.71 bits per heavy atom. The van der Waals surface area contributed by atoms with E-state index in [1.54, 1.807) is 29.0 Å². The SMILES string of the molecule is CCCC1CCCc2c1nn(-c1ccc(F)cc1)c2/C=C/[C@H](O)C[C@H](O)CC(=O)[O-].[Na+]. The summed E-state index contributed by atoms with van der Waals surface area (Å²) in [5.74, 6) is -1.31. The summed E-state index contributed by atoms with van der Waals surface area (Å²) in [5.41, 5.74) is 3.74. The van der Waals surface area contributed by atoms with Gasteiger partial charge in [-0.3, -0.25) is 0 Å². The number of carbonyl (C=O) groups excluding carboxylic acids is 1. The van der Waals surface area contributed by atoms with E-state index < -0.39 is 24.6 Å². The number of benzene rings is 1. The first-order valence-corrected chi connectivity index (χ1v) is 10.5. The summed E-state index contributed by atoms with van der Waals surface area (Å²) in [4.78, 5) is 10.6. The number of carboxylic acid groups (broad SMARTS) is 1. The molecule has 0 spiro atoms. The number of carboxylic acids is 1. The van der Waals surface area contributed by atoms with Crippen LogP contribution in [0, 0.1) is 5.82 Å². The van der Waals surface area contributed by atoms with Gasteiger partial charge >= 0.3 is 29.6 Å². The van der Waals surface area contributed by atoms with Crippen molar-refractivity contribution in [1.29, 1.82) is 0 Å². The van der Waals surface area contributed by atoms with Gasteiger partial charge in [-0.25, -0.2) is 9.07 Å². The average molecular weight is 438 g/mol. The summed E-state index contributed by atoms with van der Waals surface area (Å²) in [5, 5.41) is 35.4. The van der Waals surface area contributed by atoms with Crippen molar-refractivity contribution in [2.24, 2.45) is 0 Å². The molecule has 0 saturated carbocycles. The number of aromatic nitrogens is 2. The van der Waals surface area contributed by atoms with Crippen LogP contribution in [0.15, 0.2) is 30.3 Å². The molecule has 1 aliphatic carbocycles. The van der Waals surface area contributed by atoms with Crippen molar-refractivity contribution in [2.45, 2.75) is 70.0 Å². The largest absolute Gasteiger partial charge is 1.00 e. The first-order chi connectivity index (χ1) is 14.4. The molecule has 0 radical (unpaired) electrons. The smallest absolute Gasteiger partial charge is 0.550 e. The zero-order valence-electron chi connectivity index (χ0n) is 18.1. The fraction of sp³-hybridized carbons (Fsp3) is 0.478. The average Bonchev–Trinajstić information content (AvgIpc) is 3.06. The molecule has 8 heteroatoms. The van der Waals surface area contributed by atoms with Crippen molar-refractivity contribution in [3.63, 3.8) is 0 Å². The summed E-state index contributed by atoms with van der Waals surface area (Å²) in [6.45, 7) is 2.15. The molecule has 2 aromatic rings. The van der Waals surface area contributed by atoms with Gasteiger partial charge in [0.1, 0.15) is 5.82 Å². The molecule has 31 heavy (non-hydrogen) atoms. The number of nitrogens with zero attached hydrogens (tertiary/aromatic N) is 2. The number of aliphatic hydroxyl groups excluding tert-OH is 2. The Bertz CT molecular complexity index is 898. The normalized spacial score (nSPS) is 17.7. The van der Waals surface area contributed by atoms with Gasteiger partial charge in [0.15, 0.2) is 0 Å². The van der Waals surface area contributed by atoms with Gasteiger partial charge < -0.3 is 20.1 Å². The Kier molecular flexibility index (Phi) is 9.90. The van der Waals surface area contributed by atoms with Crippen LogP contribution < -0.4 is 34.7 Å². The van der Waals surface area contributed by atoms with Crippen LogP contribution in [0.1, 0.15) is 68.3 Å². The van der Waals surface area contributed by atoms with Crippen LogP contribution in [0.5, 0.6) is 0 Å². The van der Waals surface area contributed by atoms with Crippen molar-refractivity contribution in [3.8, 4) is 5.69 Å². The third kappa shape index (κ3) is 6.73. The van der Waals surface area contributed by atoms with Crippen molar-refractivity contribution >= 4 is 12.0 Å². The third-order valence-corrected chi connectivity index (χ3v) is 5.52. The van der Waals surface area contributed by atoms with Gasteiger partial charge in [0, 0.05) is 30.3 Å². The molecule has 0 saturated heterocycles. The van der Waals surface area contributed by atoms with Gasteiger partial charge in [-0.15, -0.1) is 0 Å². The maximum atomic E-state index is 13.4. The number of fused-ring (bicyclic) bond motifs is 1. The molecule has 0 aliphatic heterocycles. The zero-order valence-corrected chi connectivity index (χ0v) is 20.1.